The lowest BCUT2D eigenvalue weighted by Gasteiger charge is -2.11. The highest BCUT2D eigenvalue weighted by Crippen LogP contribution is 2.25. The van der Waals surface area contributed by atoms with Crippen LogP contribution in [0.3, 0.4) is 0 Å². The fraction of sp³-hybridized carbons (Fsp3) is 0.429. The third-order valence-corrected chi connectivity index (χ3v) is 4.45. The Labute approximate surface area is 126 Å². The van der Waals surface area contributed by atoms with Crippen LogP contribution in [0.5, 0.6) is 0 Å². The van der Waals surface area contributed by atoms with Gasteiger partial charge in [0.2, 0.25) is 0 Å². The van der Waals surface area contributed by atoms with Crippen LogP contribution >= 0.6 is 11.8 Å². The maximum absolute atomic E-state index is 13.1. The average Bonchev–Trinajstić information content (AvgIpc) is 3.15. The number of hydrogen-bond donors (Lipinski definition) is 1. The topological polar surface area (TPSA) is 66.0 Å². The number of aromatic nitrogens is 3. The number of halogens is 1. The molecule has 0 spiro atoms. The summed E-state index contributed by atoms with van der Waals surface area (Å²) in [5, 5.41) is 9.07. The number of hydrogen-bond acceptors (Lipinski definition) is 5. The summed E-state index contributed by atoms with van der Waals surface area (Å²) in [6.07, 6.45) is 2.47. The second kappa shape index (κ2) is 6.55. The molecule has 7 heteroatoms. The number of nitrogens with zero attached hydrogens (tertiary/aromatic N) is 3. The molecule has 2 N–H and O–H groups in total. The van der Waals surface area contributed by atoms with E-state index in [4.69, 9.17) is 10.5 Å². The van der Waals surface area contributed by atoms with Gasteiger partial charge in [0.25, 0.3) is 0 Å². The summed E-state index contributed by atoms with van der Waals surface area (Å²) in [7, 11) is 0. The molecular weight excluding hydrogens is 291 g/mol. The summed E-state index contributed by atoms with van der Waals surface area (Å²) in [4.78, 5) is 0. The molecule has 21 heavy (non-hydrogen) atoms. The van der Waals surface area contributed by atoms with Gasteiger partial charge in [-0.3, -0.25) is 4.57 Å². The van der Waals surface area contributed by atoms with Gasteiger partial charge >= 0.3 is 0 Å². The first-order valence-electron chi connectivity index (χ1n) is 6.92. The molecule has 3 rings (SSSR count). The molecule has 0 radical (unpaired) electrons. The summed E-state index contributed by atoms with van der Waals surface area (Å²) in [5.41, 5.74) is 6.53. The minimum absolute atomic E-state index is 0.269. The van der Waals surface area contributed by atoms with Crippen LogP contribution in [0.2, 0.25) is 0 Å². The van der Waals surface area contributed by atoms with E-state index in [-0.39, 0.29) is 18.5 Å². The molecule has 1 aromatic carbocycles. The Morgan fingerprint density at radius 1 is 1.33 bits per heavy atom. The Hall–Kier alpha value is -1.44. The Bertz CT molecular complexity index is 596. The molecule has 5 nitrogen and oxygen atoms in total. The van der Waals surface area contributed by atoms with Gasteiger partial charge in [0, 0.05) is 18.0 Å². The van der Waals surface area contributed by atoms with Crippen LogP contribution in [0.25, 0.3) is 5.69 Å². The van der Waals surface area contributed by atoms with Crippen LogP contribution in [0, 0.1) is 5.82 Å². The largest absolute Gasteiger partial charge is 0.377 e. The first-order valence-corrected chi connectivity index (χ1v) is 7.91. The standard InChI is InChI=1S/C14H17FN4OS/c15-10-3-5-11(6-4-10)19-13(8-16)17-18-14(19)21-9-12-2-1-7-20-12/h3-6,12H,1-2,7-9,16H2. The van der Waals surface area contributed by atoms with Crippen LogP contribution in [0.4, 0.5) is 4.39 Å². The van der Waals surface area contributed by atoms with Crippen molar-refractivity contribution in [2.24, 2.45) is 5.73 Å². The fourth-order valence-corrected chi connectivity index (χ4v) is 3.36. The number of benzene rings is 1. The number of nitrogens with two attached hydrogens (primary N) is 1. The Kier molecular flexibility index (Phi) is 4.52. The van der Waals surface area contributed by atoms with Crippen LogP contribution in [-0.4, -0.2) is 33.2 Å². The second-order valence-corrected chi connectivity index (χ2v) is 5.85. The van der Waals surface area contributed by atoms with E-state index in [1.54, 1.807) is 23.9 Å². The highest BCUT2D eigenvalue weighted by atomic mass is 32.2. The third-order valence-electron chi connectivity index (χ3n) is 3.39. The third kappa shape index (κ3) is 3.25. The van der Waals surface area contributed by atoms with E-state index in [1.165, 1.54) is 12.1 Å². The second-order valence-electron chi connectivity index (χ2n) is 4.86. The lowest BCUT2D eigenvalue weighted by Crippen LogP contribution is -2.10. The molecule has 1 unspecified atom stereocenters. The van der Waals surface area contributed by atoms with Crippen molar-refractivity contribution in [2.45, 2.75) is 30.6 Å². The van der Waals surface area contributed by atoms with E-state index in [0.717, 1.165) is 36.0 Å². The van der Waals surface area contributed by atoms with E-state index in [1.807, 2.05) is 4.57 Å². The van der Waals surface area contributed by atoms with Crippen LogP contribution in [-0.2, 0) is 11.3 Å². The zero-order chi connectivity index (χ0) is 14.7. The van der Waals surface area contributed by atoms with Crippen molar-refractivity contribution >= 4 is 11.8 Å². The molecule has 1 aromatic heterocycles. The van der Waals surface area contributed by atoms with E-state index >= 15 is 0 Å². The zero-order valence-corrected chi connectivity index (χ0v) is 12.4. The van der Waals surface area contributed by atoms with Crippen LogP contribution in [0.1, 0.15) is 18.7 Å². The Morgan fingerprint density at radius 3 is 2.81 bits per heavy atom. The van der Waals surface area contributed by atoms with Gasteiger partial charge in [0.05, 0.1) is 12.6 Å². The lowest BCUT2D eigenvalue weighted by atomic mass is 10.3. The average molecular weight is 308 g/mol. The molecule has 0 saturated carbocycles. The molecule has 0 aliphatic carbocycles. The zero-order valence-electron chi connectivity index (χ0n) is 11.5. The summed E-state index contributed by atoms with van der Waals surface area (Å²) in [5.74, 6) is 1.23. The van der Waals surface area contributed by atoms with Crippen molar-refractivity contribution < 1.29 is 9.13 Å². The van der Waals surface area contributed by atoms with Gasteiger partial charge in [-0.1, -0.05) is 11.8 Å². The van der Waals surface area contributed by atoms with Crippen molar-refractivity contribution in [2.75, 3.05) is 12.4 Å². The van der Waals surface area contributed by atoms with Gasteiger partial charge in [-0.25, -0.2) is 4.39 Å². The number of rotatable bonds is 5. The SMILES string of the molecule is NCc1nnc(SCC2CCCO2)n1-c1ccc(F)cc1. The van der Waals surface area contributed by atoms with Gasteiger partial charge in [-0.2, -0.15) is 0 Å². The monoisotopic (exact) mass is 308 g/mol. The fourth-order valence-electron chi connectivity index (χ4n) is 2.32. The summed E-state index contributed by atoms with van der Waals surface area (Å²) < 4.78 is 20.6. The molecule has 1 fully saturated rings. The van der Waals surface area contributed by atoms with E-state index < -0.39 is 0 Å². The summed E-state index contributed by atoms with van der Waals surface area (Å²) in [6, 6.07) is 6.25. The smallest absolute Gasteiger partial charge is 0.195 e. The van der Waals surface area contributed by atoms with Gasteiger partial charge in [0.15, 0.2) is 11.0 Å². The quantitative estimate of drug-likeness (QED) is 0.857. The lowest BCUT2D eigenvalue weighted by molar-refractivity contribution is 0.129. The Morgan fingerprint density at radius 2 is 2.14 bits per heavy atom. The van der Waals surface area contributed by atoms with Crippen LogP contribution < -0.4 is 5.73 Å². The Balaban J connectivity index is 1.83. The molecule has 2 heterocycles. The van der Waals surface area contributed by atoms with Crippen molar-refractivity contribution in [1.82, 2.24) is 14.8 Å². The van der Waals surface area contributed by atoms with E-state index in [9.17, 15) is 4.39 Å². The first kappa shape index (κ1) is 14.5. The summed E-state index contributed by atoms with van der Waals surface area (Å²) >= 11 is 1.59. The summed E-state index contributed by atoms with van der Waals surface area (Å²) in [6.45, 7) is 1.12. The van der Waals surface area contributed by atoms with Crippen molar-refractivity contribution in [3.05, 3.63) is 35.9 Å². The molecule has 1 atom stereocenters. The maximum Gasteiger partial charge on any atom is 0.195 e. The molecule has 0 bridgehead atoms. The normalized spacial score (nSPS) is 18.3. The minimum atomic E-state index is -0.269. The van der Waals surface area contributed by atoms with Crippen molar-refractivity contribution in [1.29, 1.82) is 0 Å². The predicted molar refractivity (Wildman–Crippen MR) is 78.9 cm³/mol. The van der Waals surface area contributed by atoms with Crippen molar-refractivity contribution in [3.8, 4) is 5.69 Å². The molecular formula is C14H17FN4OS. The van der Waals surface area contributed by atoms with Crippen molar-refractivity contribution in [3.63, 3.8) is 0 Å². The highest BCUT2D eigenvalue weighted by Gasteiger charge is 2.19. The van der Waals surface area contributed by atoms with E-state index in [2.05, 4.69) is 10.2 Å². The van der Waals surface area contributed by atoms with Crippen LogP contribution in [0.15, 0.2) is 29.4 Å². The molecule has 112 valence electrons. The molecule has 0 amide bonds. The molecule has 1 aliphatic heterocycles. The molecule has 1 aliphatic rings. The van der Waals surface area contributed by atoms with Gasteiger partial charge in [0.1, 0.15) is 5.82 Å². The van der Waals surface area contributed by atoms with Gasteiger partial charge < -0.3 is 10.5 Å². The predicted octanol–water partition coefficient (Wildman–Crippen LogP) is 2.14. The maximum atomic E-state index is 13.1. The van der Waals surface area contributed by atoms with Gasteiger partial charge in [-0.15, -0.1) is 10.2 Å². The molecule has 2 aromatic rings. The number of thioether (sulfide) groups is 1. The molecule has 1 saturated heterocycles. The highest BCUT2D eigenvalue weighted by molar-refractivity contribution is 7.99. The number of ether oxygens (including phenoxy) is 1. The van der Waals surface area contributed by atoms with E-state index in [0.29, 0.717) is 5.82 Å². The minimum Gasteiger partial charge on any atom is -0.377 e. The van der Waals surface area contributed by atoms with Gasteiger partial charge in [-0.05, 0) is 37.1 Å². The first-order chi connectivity index (χ1) is 10.3.